The number of nitrogens with zero attached hydrogens (tertiary/aromatic N) is 2. The van der Waals surface area contributed by atoms with Crippen LogP contribution in [0.4, 0.5) is 22.7 Å². The number of carboxylic acid groups (broad SMARTS) is 1. The maximum atomic E-state index is 13.2. The molecule has 0 saturated heterocycles. The van der Waals surface area contributed by atoms with Crippen molar-refractivity contribution in [2.24, 2.45) is 0 Å². The summed E-state index contributed by atoms with van der Waals surface area (Å²) in [4.78, 5) is 66.4. The van der Waals surface area contributed by atoms with Crippen molar-refractivity contribution < 1.29 is 123 Å². The van der Waals surface area contributed by atoms with Gasteiger partial charge in [-0.05, 0) is 61.5 Å². The number of anilines is 4. The summed E-state index contributed by atoms with van der Waals surface area (Å²) in [6, 6.07) is 23.1. The second-order valence-corrected chi connectivity index (χ2v) is 13.8. The number of carboxylic acids is 1. The number of aromatic carboxylic acids is 1. The van der Waals surface area contributed by atoms with Crippen LogP contribution in [0.3, 0.4) is 0 Å². The van der Waals surface area contributed by atoms with E-state index in [1.54, 1.807) is 42.5 Å². The summed E-state index contributed by atoms with van der Waals surface area (Å²) in [6.07, 6.45) is 0. The number of imide groups is 2. The number of rotatable bonds is 9. The maximum Gasteiger partial charge on any atom is 1.00 e. The summed E-state index contributed by atoms with van der Waals surface area (Å²) in [5.74, 6) is -4.24. The Hall–Kier alpha value is -4.55. The number of nitrogens with two attached hydrogens (primary N) is 2. The first kappa shape index (κ1) is 45.5. The first-order chi connectivity index (χ1) is 27.4. The summed E-state index contributed by atoms with van der Waals surface area (Å²) in [6.45, 7) is 1.92. The summed E-state index contributed by atoms with van der Waals surface area (Å²) in [7, 11) is 0. The molecule has 4 amide bonds. The molecule has 2 aliphatic heterocycles. The molecule has 8 rings (SSSR count). The van der Waals surface area contributed by atoms with Crippen molar-refractivity contribution in [2.75, 3.05) is 21.3 Å². The van der Waals surface area contributed by atoms with Crippen LogP contribution in [0.25, 0.3) is 21.5 Å². The Balaban J connectivity index is 0.000000218. The van der Waals surface area contributed by atoms with Crippen LogP contribution in [0.2, 0.25) is 0 Å². The standard InChI is InChI=1S/C19H12N2O8S.C19H14N2O5S.2Na/c20-16-9-2-1-3-10-15(9)12(7-14(16)30-29-28-27)18(24)21(17(10)23)8-4-5-13(22)11(6-8)19(25)26;1-10-5-7-11(8-6-10)21-18(22)13-4-2-3-12-16(13)14(19(21)23)9-15(17(12)20)27-26-25-24;;/h1-7,22,27H,20H2,(H,25,26);2-9,24H,20H2,1H3;;/q;;2*+1/p-2. The van der Waals surface area contributed by atoms with Gasteiger partial charge in [-0.15, -0.1) is 0 Å². The molecule has 21 heteroatoms. The summed E-state index contributed by atoms with van der Waals surface area (Å²) < 4.78 is 8.68. The van der Waals surface area contributed by atoms with E-state index in [2.05, 4.69) is 18.7 Å². The Labute approximate surface area is 385 Å². The van der Waals surface area contributed by atoms with E-state index in [1.165, 1.54) is 24.3 Å². The number of phenols is 1. The Bertz CT molecular complexity index is 2700. The zero-order chi connectivity index (χ0) is 40.7. The molecule has 0 unspecified atom stereocenters. The van der Waals surface area contributed by atoms with Gasteiger partial charge in [-0.1, -0.05) is 42.0 Å². The Kier molecular flexibility index (Phi) is 14.5. The Morgan fingerprint density at radius 1 is 0.627 bits per heavy atom. The van der Waals surface area contributed by atoms with Gasteiger partial charge in [0.2, 0.25) is 0 Å². The van der Waals surface area contributed by atoms with Crippen LogP contribution in [-0.4, -0.2) is 39.8 Å². The van der Waals surface area contributed by atoms with E-state index in [4.69, 9.17) is 11.5 Å². The molecule has 0 atom stereocenters. The van der Waals surface area contributed by atoms with Crippen LogP contribution in [0, 0.1) is 6.92 Å². The minimum atomic E-state index is -1.42. The van der Waals surface area contributed by atoms with Gasteiger partial charge in [0.15, 0.2) is 0 Å². The van der Waals surface area contributed by atoms with Crippen LogP contribution >= 0.6 is 24.1 Å². The van der Waals surface area contributed by atoms with E-state index in [1.807, 2.05) is 19.1 Å². The number of aryl methyl sites for hydroxylation is 1. The largest absolute Gasteiger partial charge is 1.00 e. The predicted molar refractivity (Wildman–Crippen MR) is 201 cm³/mol. The smallest absolute Gasteiger partial charge is 0.691 e. The van der Waals surface area contributed by atoms with Gasteiger partial charge in [-0.25, -0.2) is 14.6 Å². The van der Waals surface area contributed by atoms with Crippen LogP contribution in [0.1, 0.15) is 57.4 Å². The molecule has 288 valence electrons. The Morgan fingerprint density at radius 2 is 1.05 bits per heavy atom. The minimum absolute atomic E-state index is 0. The van der Waals surface area contributed by atoms with E-state index < -0.39 is 40.9 Å². The summed E-state index contributed by atoms with van der Waals surface area (Å²) in [5.41, 5.74) is 14.6. The van der Waals surface area contributed by atoms with Gasteiger partial charge < -0.3 is 32.2 Å². The van der Waals surface area contributed by atoms with Crippen molar-refractivity contribution in [3.05, 3.63) is 124 Å². The summed E-state index contributed by atoms with van der Waals surface area (Å²) >= 11 is 1.11. The van der Waals surface area contributed by atoms with Crippen molar-refractivity contribution in [1.29, 1.82) is 0 Å². The second kappa shape index (κ2) is 18.8. The SMILES string of the molecule is Cc1ccc(N2C(=O)c3cccc4c(N)c(SOO[O-])cc(c34)C2=O)cc1.Nc1c(SOO[O-])cc2c3c(cccc13)C(=O)N(c1ccc(O)c(C(=O)O)c1)C2=O.[Na+].[Na+]. The van der Waals surface area contributed by atoms with E-state index in [0.29, 0.717) is 73.0 Å². The predicted octanol–water partition coefficient (Wildman–Crippen LogP) is -1.37. The molecular formula is C38H24N4Na2O13S2. The van der Waals surface area contributed by atoms with Gasteiger partial charge in [-0.3, -0.25) is 29.3 Å². The number of nitrogen functional groups attached to an aromatic ring is 2. The molecule has 6 aromatic rings. The van der Waals surface area contributed by atoms with Gasteiger partial charge in [0.1, 0.15) is 11.3 Å². The van der Waals surface area contributed by atoms with Crippen molar-refractivity contribution in [2.45, 2.75) is 16.7 Å². The fourth-order valence-electron chi connectivity index (χ4n) is 6.56. The maximum absolute atomic E-state index is 13.2. The van der Waals surface area contributed by atoms with Gasteiger partial charge in [0, 0.05) is 32.7 Å². The normalized spacial score (nSPS) is 12.9. The van der Waals surface area contributed by atoms with Crippen molar-refractivity contribution in [3.8, 4) is 5.75 Å². The molecule has 6 aromatic carbocycles. The van der Waals surface area contributed by atoms with Gasteiger partial charge >= 0.3 is 65.1 Å². The number of hydrogen-bond acceptors (Lipinski definition) is 16. The van der Waals surface area contributed by atoms with Crippen molar-refractivity contribution in [3.63, 3.8) is 0 Å². The van der Waals surface area contributed by atoms with Gasteiger partial charge in [0.05, 0.1) is 67.8 Å². The van der Waals surface area contributed by atoms with Crippen LogP contribution in [-0.2, 0) is 18.7 Å². The average molecular weight is 855 g/mol. The molecule has 59 heavy (non-hydrogen) atoms. The number of carbonyl (C=O) groups is 5. The molecule has 6 N–H and O–H groups in total. The topological polar surface area (TPSA) is 267 Å². The van der Waals surface area contributed by atoms with Crippen molar-refractivity contribution in [1.82, 2.24) is 0 Å². The zero-order valence-corrected chi connectivity index (χ0v) is 36.5. The quantitative estimate of drug-likeness (QED) is 0.0326. The second-order valence-electron chi connectivity index (χ2n) is 12.3. The monoisotopic (exact) mass is 854 g/mol. The van der Waals surface area contributed by atoms with E-state index in [9.17, 15) is 44.7 Å². The minimum Gasteiger partial charge on any atom is -0.691 e. The molecule has 0 aliphatic carbocycles. The number of carbonyl (C=O) groups excluding carboxylic acids is 4. The van der Waals surface area contributed by atoms with Crippen molar-refractivity contribution >= 4 is 98.0 Å². The number of amides is 4. The van der Waals surface area contributed by atoms with Gasteiger partial charge in [0.25, 0.3) is 23.6 Å². The third-order valence-corrected chi connectivity index (χ3v) is 10.4. The first-order valence-corrected chi connectivity index (χ1v) is 17.7. The molecule has 0 spiro atoms. The summed E-state index contributed by atoms with van der Waals surface area (Å²) in [5, 5.41) is 47.8. The molecule has 2 heterocycles. The first-order valence-electron chi connectivity index (χ1n) is 16.2. The van der Waals surface area contributed by atoms with E-state index in [-0.39, 0.29) is 86.5 Å². The third-order valence-electron chi connectivity index (χ3n) is 9.13. The van der Waals surface area contributed by atoms with E-state index >= 15 is 0 Å². The van der Waals surface area contributed by atoms with Gasteiger partial charge in [-0.2, -0.15) is 8.67 Å². The van der Waals surface area contributed by atoms with Crippen LogP contribution < -0.4 is 90.9 Å². The third kappa shape index (κ3) is 8.31. The number of hydrogen-bond donors (Lipinski definition) is 4. The molecular weight excluding hydrogens is 831 g/mol. The molecule has 0 bridgehead atoms. The fraction of sp³-hybridized carbons (Fsp3) is 0.0263. The number of benzene rings is 6. The van der Waals surface area contributed by atoms with Crippen LogP contribution in [0.15, 0.2) is 101 Å². The Morgan fingerprint density at radius 3 is 1.49 bits per heavy atom. The van der Waals surface area contributed by atoms with Crippen LogP contribution in [0.5, 0.6) is 5.75 Å². The molecule has 2 aliphatic rings. The molecule has 0 radical (unpaired) electrons. The fourth-order valence-corrected chi connectivity index (χ4v) is 7.49. The molecule has 0 saturated carbocycles. The number of aromatic hydroxyl groups is 1. The van der Waals surface area contributed by atoms with E-state index in [0.717, 1.165) is 27.5 Å². The molecule has 0 fully saturated rings. The average Bonchev–Trinajstić information content (AvgIpc) is 3.20. The zero-order valence-electron chi connectivity index (χ0n) is 30.9. The molecule has 17 nitrogen and oxygen atoms in total. The molecule has 0 aromatic heterocycles.